The Morgan fingerprint density at radius 1 is 1.56 bits per heavy atom. The number of nitrogens with zero attached hydrogens (tertiary/aromatic N) is 5. The summed E-state index contributed by atoms with van der Waals surface area (Å²) in [4.78, 5) is 10.0. The molecule has 0 saturated carbocycles. The summed E-state index contributed by atoms with van der Waals surface area (Å²) >= 11 is 1.09. The predicted octanol–water partition coefficient (Wildman–Crippen LogP) is 0.121. The number of nitrogens with one attached hydrogen (secondary N) is 1. The van der Waals surface area contributed by atoms with Crippen molar-refractivity contribution in [2.45, 2.75) is 0 Å². The zero-order valence-electron chi connectivity index (χ0n) is 8.85. The van der Waals surface area contributed by atoms with E-state index in [4.69, 9.17) is 5.73 Å². The topological polar surface area (TPSA) is 132 Å². The standard InChI is InChI=1S/C8H7N7O2S/c9-8(12-15(16)17)11-10-4-5-2-1-3-6-7(5)14-18-13-6/h1-4H,(H3,9,11,12)/b10-4+. The highest BCUT2D eigenvalue weighted by Gasteiger charge is 2.02. The van der Waals surface area contributed by atoms with Gasteiger partial charge in [0.05, 0.1) is 17.9 Å². The molecule has 10 heteroatoms. The molecule has 92 valence electrons. The molecule has 0 radical (unpaired) electrons. The Balaban J connectivity index is 2.18. The minimum absolute atomic E-state index is 0.403. The zero-order chi connectivity index (χ0) is 13.0. The van der Waals surface area contributed by atoms with Gasteiger partial charge >= 0.3 is 0 Å². The maximum atomic E-state index is 10.0. The summed E-state index contributed by atoms with van der Waals surface area (Å²) in [5, 5.41) is 16.3. The maximum Gasteiger partial charge on any atom is 0.275 e. The van der Waals surface area contributed by atoms with Crippen molar-refractivity contribution in [3.05, 3.63) is 33.9 Å². The van der Waals surface area contributed by atoms with Crippen LogP contribution in [0, 0.1) is 10.1 Å². The van der Waals surface area contributed by atoms with Crippen molar-refractivity contribution in [3.63, 3.8) is 0 Å². The molecule has 3 N–H and O–H groups in total. The summed E-state index contributed by atoms with van der Waals surface area (Å²) in [7, 11) is 0. The average molecular weight is 265 g/mol. The highest BCUT2D eigenvalue weighted by molar-refractivity contribution is 7.00. The van der Waals surface area contributed by atoms with Crippen molar-refractivity contribution < 1.29 is 5.03 Å². The van der Waals surface area contributed by atoms with Crippen LogP contribution in [0.4, 0.5) is 0 Å². The molecule has 1 aromatic heterocycles. The first-order chi connectivity index (χ1) is 8.66. The number of nitro groups is 1. The van der Waals surface area contributed by atoms with E-state index in [1.54, 1.807) is 17.6 Å². The molecule has 0 aliphatic carbocycles. The average Bonchev–Trinajstić information content (AvgIpc) is 2.76. The minimum Gasteiger partial charge on any atom is -0.364 e. The van der Waals surface area contributed by atoms with Gasteiger partial charge in [0.15, 0.2) is 5.03 Å². The van der Waals surface area contributed by atoms with Crippen LogP contribution in [-0.2, 0) is 0 Å². The minimum atomic E-state index is -0.820. The Morgan fingerprint density at radius 2 is 2.39 bits per heavy atom. The van der Waals surface area contributed by atoms with Gasteiger partial charge in [-0.15, -0.1) is 5.10 Å². The molecular formula is C8H7N7O2S. The lowest BCUT2D eigenvalue weighted by atomic mass is 10.2. The molecule has 1 heterocycles. The van der Waals surface area contributed by atoms with Crippen molar-refractivity contribution in [1.82, 2.24) is 14.2 Å². The van der Waals surface area contributed by atoms with E-state index in [9.17, 15) is 10.1 Å². The van der Waals surface area contributed by atoms with Crippen LogP contribution in [0.15, 0.2) is 28.4 Å². The maximum absolute atomic E-state index is 10.0. The first-order valence-electron chi connectivity index (χ1n) is 4.65. The number of guanidine groups is 1. The largest absolute Gasteiger partial charge is 0.364 e. The number of nitrogens with two attached hydrogens (primary N) is 1. The molecule has 0 atom stereocenters. The van der Waals surface area contributed by atoms with E-state index in [1.165, 1.54) is 6.21 Å². The number of hydrogen-bond donors (Lipinski definition) is 2. The lowest BCUT2D eigenvalue weighted by molar-refractivity contribution is -0.525. The summed E-state index contributed by atoms with van der Waals surface area (Å²) in [6.45, 7) is 0. The molecule has 0 bridgehead atoms. The second kappa shape index (κ2) is 5.14. The van der Waals surface area contributed by atoms with Gasteiger partial charge in [0.25, 0.3) is 5.96 Å². The number of benzene rings is 1. The van der Waals surface area contributed by atoms with E-state index in [0.29, 0.717) is 11.1 Å². The van der Waals surface area contributed by atoms with Crippen molar-refractivity contribution in [2.75, 3.05) is 0 Å². The van der Waals surface area contributed by atoms with Gasteiger partial charge in [-0.3, -0.25) is 0 Å². The molecule has 0 saturated heterocycles. The smallest absolute Gasteiger partial charge is 0.275 e. The molecule has 18 heavy (non-hydrogen) atoms. The van der Waals surface area contributed by atoms with E-state index in [1.807, 2.05) is 6.07 Å². The number of rotatable bonds is 3. The number of aromatic nitrogens is 2. The first-order valence-corrected chi connectivity index (χ1v) is 5.38. The van der Waals surface area contributed by atoms with Crippen LogP contribution in [0.3, 0.4) is 0 Å². The second-order valence-electron chi connectivity index (χ2n) is 3.08. The number of hydrazine groups is 1. The van der Waals surface area contributed by atoms with Crippen molar-refractivity contribution in [2.24, 2.45) is 15.9 Å². The van der Waals surface area contributed by atoms with Crippen LogP contribution in [0.25, 0.3) is 11.0 Å². The number of hydrogen-bond acceptors (Lipinski definition) is 7. The molecule has 0 fully saturated rings. The van der Waals surface area contributed by atoms with E-state index < -0.39 is 11.0 Å². The van der Waals surface area contributed by atoms with Crippen molar-refractivity contribution in [1.29, 1.82) is 0 Å². The van der Waals surface area contributed by atoms with Gasteiger partial charge in [-0.1, -0.05) is 17.6 Å². The summed E-state index contributed by atoms with van der Waals surface area (Å²) in [5.41, 5.74) is 9.02. The zero-order valence-corrected chi connectivity index (χ0v) is 9.66. The highest BCUT2D eigenvalue weighted by atomic mass is 32.1. The molecule has 0 aliphatic rings. The Hall–Kier alpha value is -2.62. The normalized spacial score (nSPS) is 12.1. The third kappa shape index (κ3) is 2.74. The molecule has 9 nitrogen and oxygen atoms in total. The summed E-state index contributed by atoms with van der Waals surface area (Å²) in [6, 6.07) is 5.40. The fourth-order valence-electron chi connectivity index (χ4n) is 1.20. The molecule has 0 aliphatic heterocycles. The lowest BCUT2D eigenvalue weighted by Gasteiger charge is -1.93. The first kappa shape index (κ1) is 11.9. The molecule has 2 aromatic rings. The quantitative estimate of drug-likeness (QED) is 0.350. The summed E-state index contributed by atoms with van der Waals surface area (Å²) in [6.07, 6.45) is 1.40. The number of fused-ring (bicyclic) bond motifs is 1. The lowest BCUT2D eigenvalue weighted by Crippen LogP contribution is -2.35. The van der Waals surface area contributed by atoms with E-state index in [2.05, 4.69) is 18.9 Å². The Bertz CT molecular complexity index is 635. The van der Waals surface area contributed by atoms with Crippen LogP contribution in [0.1, 0.15) is 5.56 Å². The SMILES string of the molecule is N/C(=N/N=C/c1cccc2nsnc12)N[N+](=O)[O-]. The van der Waals surface area contributed by atoms with Crippen LogP contribution >= 0.6 is 11.7 Å². The molecular weight excluding hydrogens is 258 g/mol. The second-order valence-corrected chi connectivity index (χ2v) is 3.61. The van der Waals surface area contributed by atoms with Gasteiger partial charge in [-0.2, -0.15) is 13.8 Å². The van der Waals surface area contributed by atoms with Gasteiger partial charge in [0, 0.05) is 5.56 Å². The predicted molar refractivity (Wildman–Crippen MR) is 66.8 cm³/mol. The third-order valence-corrected chi connectivity index (χ3v) is 2.43. The fraction of sp³-hybridized carbons (Fsp3) is 0. The molecule has 2 rings (SSSR count). The summed E-state index contributed by atoms with van der Waals surface area (Å²) < 4.78 is 8.17. The highest BCUT2D eigenvalue weighted by Crippen LogP contribution is 2.14. The van der Waals surface area contributed by atoms with Crippen molar-refractivity contribution >= 4 is 34.9 Å². The monoisotopic (exact) mass is 265 g/mol. The van der Waals surface area contributed by atoms with Gasteiger partial charge in [0.2, 0.25) is 0 Å². The van der Waals surface area contributed by atoms with Crippen LogP contribution < -0.4 is 11.2 Å². The van der Waals surface area contributed by atoms with Crippen LogP contribution in [0.5, 0.6) is 0 Å². The molecule has 0 amide bonds. The molecule has 0 unspecified atom stereocenters. The van der Waals surface area contributed by atoms with Gasteiger partial charge < -0.3 is 5.73 Å². The third-order valence-electron chi connectivity index (χ3n) is 1.89. The Morgan fingerprint density at radius 3 is 3.17 bits per heavy atom. The van der Waals surface area contributed by atoms with Gasteiger partial charge in [-0.05, 0) is 6.07 Å². The fourth-order valence-corrected chi connectivity index (χ4v) is 1.76. The van der Waals surface area contributed by atoms with Gasteiger partial charge in [-0.25, -0.2) is 10.1 Å². The van der Waals surface area contributed by atoms with Gasteiger partial charge in [0.1, 0.15) is 11.0 Å². The summed E-state index contributed by atoms with van der Waals surface area (Å²) in [5.74, 6) is -0.403. The van der Waals surface area contributed by atoms with Crippen molar-refractivity contribution in [3.8, 4) is 0 Å². The van der Waals surface area contributed by atoms with E-state index >= 15 is 0 Å². The van der Waals surface area contributed by atoms with Crippen LogP contribution in [0.2, 0.25) is 0 Å². The van der Waals surface area contributed by atoms with E-state index in [0.717, 1.165) is 17.2 Å². The Kier molecular flexibility index (Phi) is 3.38. The Labute approximate surface area is 104 Å². The molecule has 0 spiro atoms. The van der Waals surface area contributed by atoms with E-state index in [-0.39, 0.29) is 0 Å². The van der Waals surface area contributed by atoms with Crippen LogP contribution in [-0.4, -0.2) is 26.0 Å². The molecule has 1 aromatic carbocycles.